The first-order chi connectivity index (χ1) is 12.6. The van der Waals surface area contributed by atoms with Gasteiger partial charge in [-0.25, -0.2) is 17.5 Å². The topological polar surface area (TPSA) is 105 Å². The van der Waals surface area contributed by atoms with Gasteiger partial charge in [-0.2, -0.15) is 0 Å². The van der Waals surface area contributed by atoms with Crippen LogP contribution in [0.15, 0.2) is 24.3 Å². The van der Waals surface area contributed by atoms with Crippen molar-refractivity contribution in [3.63, 3.8) is 0 Å². The maximum atomic E-state index is 12.4. The molecule has 2 N–H and O–H groups in total. The molecule has 0 saturated carbocycles. The van der Waals surface area contributed by atoms with E-state index in [4.69, 9.17) is 4.74 Å². The van der Waals surface area contributed by atoms with Crippen LogP contribution >= 0.6 is 0 Å². The molecule has 0 aliphatic carbocycles. The minimum absolute atomic E-state index is 0.150. The van der Waals surface area contributed by atoms with Gasteiger partial charge in [0.05, 0.1) is 12.9 Å². The predicted octanol–water partition coefficient (Wildman–Crippen LogP) is 2.50. The van der Waals surface area contributed by atoms with Crippen molar-refractivity contribution in [2.45, 2.75) is 26.7 Å². The van der Waals surface area contributed by atoms with Gasteiger partial charge in [0.15, 0.2) is 0 Å². The minimum atomic E-state index is -3.21. The van der Waals surface area contributed by atoms with Gasteiger partial charge in [-0.1, -0.05) is 19.9 Å². The number of hydrogen-bond acceptors (Lipinski definition) is 5. The summed E-state index contributed by atoms with van der Waals surface area (Å²) in [6.07, 6.45) is 1.61. The van der Waals surface area contributed by atoms with Gasteiger partial charge in [-0.05, 0) is 37.0 Å². The van der Waals surface area contributed by atoms with Gasteiger partial charge >= 0.3 is 6.09 Å². The van der Waals surface area contributed by atoms with E-state index in [1.165, 1.54) is 10.6 Å². The van der Waals surface area contributed by atoms with Crippen LogP contribution in [0.25, 0.3) is 0 Å². The zero-order valence-electron chi connectivity index (χ0n) is 15.9. The third kappa shape index (κ3) is 6.84. The Balaban J connectivity index is 1.88. The summed E-state index contributed by atoms with van der Waals surface area (Å²) in [6.45, 7) is 4.92. The minimum Gasteiger partial charge on any atom is -0.449 e. The maximum Gasteiger partial charge on any atom is 0.411 e. The third-order valence-electron chi connectivity index (χ3n) is 4.22. The van der Waals surface area contributed by atoms with E-state index in [1.807, 2.05) is 13.8 Å². The second-order valence-electron chi connectivity index (χ2n) is 7.12. The number of sulfonamides is 1. The molecule has 2 rings (SSSR count). The van der Waals surface area contributed by atoms with Gasteiger partial charge in [0.25, 0.3) is 0 Å². The highest BCUT2D eigenvalue weighted by Gasteiger charge is 2.28. The molecule has 150 valence electrons. The molecule has 8 nitrogen and oxygen atoms in total. The largest absolute Gasteiger partial charge is 0.449 e. The first-order valence-electron chi connectivity index (χ1n) is 8.95. The normalized spacial score (nSPS) is 16.1. The summed E-state index contributed by atoms with van der Waals surface area (Å²) < 4.78 is 29.6. The zero-order valence-corrected chi connectivity index (χ0v) is 16.7. The summed E-state index contributed by atoms with van der Waals surface area (Å²) in [7, 11) is -3.21. The molecular weight excluding hydrogens is 370 g/mol. The summed E-state index contributed by atoms with van der Waals surface area (Å²) in [6, 6.07) is 6.81. The Morgan fingerprint density at radius 2 is 1.78 bits per heavy atom. The Morgan fingerprint density at radius 3 is 2.33 bits per heavy atom. The van der Waals surface area contributed by atoms with E-state index in [-0.39, 0.29) is 17.7 Å². The smallest absolute Gasteiger partial charge is 0.411 e. The summed E-state index contributed by atoms with van der Waals surface area (Å²) in [5.74, 6) is -0.145. The molecule has 0 atom stereocenters. The maximum absolute atomic E-state index is 12.4. The number of nitrogens with zero attached hydrogens (tertiary/aromatic N) is 1. The molecule has 1 fully saturated rings. The van der Waals surface area contributed by atoms with Crippen LogP contribution in [-0.4, -0.2) is 50.7 Å². The van der Waals surface area contributed by atoms with Crippen LogP contribution in [0.5, 0.6) is 0 Å². The summed E-state index contributed by atoms with van der Waals surface area (Å²) >= 11 is 0. The zero-order chi connectivity index (χ0) is 20.0. The number of rotatable bonds is 6. The number of benzene rings is 1. The molecule has 1 heterocycles. The fraction of sp³-hybridized carbons (Fsp3) is 0.556. The van der Waals surface area contributed by atoms with E-state index in [0.29, 0.717) is 43.9 Å². The number of amides is 2. The molecule has 1 aliphatic heterocycles. The Bertz CT molecular complexity index is 771. The number of hydrogen-bond donors (Lipinski definition) is 2. The Kier molecular flexibility index (Phi) is 7.20. The quantitative estimate of drug-likeness (QED) is 0.767. The molecular formula is C18H27N3O5S. The number of piperidine rings is 1. The molecule has 0 aromatic heterocycles. The van der Waals surface area contributed by atoms with Gasteiger partial charge in [-0.15, -0.1) is 0 Å². The molecule has 0 radical (unpaired) electrons. The second kappa shape index (κ2) is 9.18. The van der Waals surface area contributed by atoms with Gasteiger partial charge in [0.2, 0.25) is 15.9 Å². The van der Waals surface area contributed by atoms with Crippen LogP contribution in [0.3, 0.4) is 0 Å². The second-order valence-corrected chi connectivity index (χ2v) is 9.11. The number of carbonyl (C=O) groups excluding carboxylic acids is 2. The molecule has 9 heteroatoms. The Morgan fingerprint density at radius 1 is 1.19 bits per heavy atom. The predicted molar refractivity (Wildman–Crippen MR) is 104 cm³/mol. The summed E-state index contributed by atoms with van der Waals surface area (Å²) in [5, 5.41) is 5.46. The average Bonchev–Trinajstić information content (AvgIpc) is 2.59. The first kappa shape index (κ1) is 21.2. The average molecular weight is 397 g/mol. The van der Waals surface area contributed by atoms with Gasteiger partial charge < -0.3 is 10.1 Å². The molecule has 1 aliphatic rings. The summed E-state index contributed by atoms with van der Waals surface area (Å²) in [4.78, 5) is 24.2. The van der Waals surface area contributed by atoms with Crippen LogP contribution < -0.4 is 10.6 Å². The molecule has 0 unspecified atom stereocenters. The van der Waals surface area contributed by atoms with Crippen LogP contribution in [0, 0.1) is 11.8 Å². The monoisotopic (exact) mass is 397 g/mol. The first-order valence-corrected chi connectivity index (χ1v) is 10.8. The van der Waals surface area contributed by atoms with Crippen LogP contribution in [0.1, 0.15) is 26.7 Å². The van der Waals surface area contributed by atoms with E-state index < -0.39 is 16.1 Å². The number of anilines is 2. The summed E-state index contributed by atoms with van der Waals surface area (Å²) in [5.41, 5.74) is 1.08. The van der Waals surface area contributed by atoms with Crippen molar-refractivity contribution in [3.05, 3.63) is 24.3 Å². The Hall–Kier alpha value is -2.13. The van der Waals surface area contributed by atoms with Gasteiger partial charge in [0.1, 0.15) is 0 Å². The van der Waals surface area contributed by atoms with Crippen molar-refractivity contribution in [2.24, 2.45) is 11.8 Å². The molecule has 2 amide bonds. The van der Waals surface area contributed by atoms with Crippen LogP contribution in [0.2, 0.25) is 0 Å². The van der Waals surface area contributed by atoms with Gasteiger partial charge in [-0.3, -0.25) is 10.1 Å². The van der Waals surface area contributed by atoms with E-state index >= 15 is 0 Å². The van der Waals surface area contributed by atoms with Crippen LogP contribution in [-0.2, 0) is 19.6 Å². The molecule has 1 aromatic rings. The van der Waals surface area contributed by atoms with Crippen molar-refractivity contribution < 1.29 is 22.7 Å². The van der Waals surface area contributed by atoms with Crippen molar-refractivity contribution in [2.75, 3.05) is 36.6 Å². The lowest BCUT2D eigenvalue weighted by Crippen LogP contribution is -2.40. The highest BCUT2D eigenvalue weighted by Crippen LogP contribution is 2.22. The van der Waals surface area contributed by atoms with E-state index in [0.717, 1.165) is 0 Å². The van der Waals surface area contributed by atoms with Crippen molar-refractivity contribution >= 4 is 33.4 Å². The highest BCUT2D eigenvalue weighted by molar-refractivity contribution is 7.88. The van der Waals surface area contributed by atoms with E-state index in [9.17, 15) is 18.0 Å². The lowest BCUT2D eigenvalue weighted by Gasteiger charge is -2.29. The standard InChI is InChI=1S/C18H27N3O5S/c1-13(2)12-26-18(23)20-16-6-4-5-15(11-16)19-17(22)14-7-9-21(10-8-14)27(3,24)25/h4-6,11,13-14H,7-10,12H2,1-3H3,(H,19,22)(H,20,23). The lowest BCUT2D eigenvalue weighted by molar-refractivity contribution is -0.120. The number of carbonyl (C=O) groups is 2. The fourth-order valence-corrected chi connectivity index (χ4v) is 3.64. The van der Waals surface area contributed by atoms with Crippen LogP contribution in [0.4, 0.5) is 16.2 Å². The van der Waals surface area contributed by atoms with Crippen molar-refractivity contribution in [3.8, 4) is 0 Å². The molecule has 1 saturated heterocycles. The number of nitrogens with one attached hydrogen (secondary N) is 2. The van der Waals surface area contributed by atoms with Crippen molar-refractivity contribution in [1.29, 1.82) is 0 Å². The van der Waals surface area contributed by atoms with E-state index in [1.54, 1.807) is 24.3 Å². The number of ether oxygens (including phenoxy) is 1. The molecule has 27 heavy (non-hydrogen) atoms. The fourth-order valence-electron chi connectivity index (χ4n) is 2.76. The molecule has 0 spiro atoms. The van der Waals surface area contributed by atoms with Crippen molar-refractivity contribution in [1.82, 2.24) is 4.31 Å². The van der Waals surface area contributed by atoms with Gasteiger partial charge in [0, 0.05) is 30.4 Å². The molecule has 0 bridgehead atoms. The van der Waals surface area contributed by atoms with E-state index in [2.05, 4.69) is 10.6 Å². The SMILES string of the molecule is CC(C)COC(=O)Nc1cccc(NC(=O)C2CCN(S(C)(=O)=O)CC2)c1. The third-order valence-corrected chi connectivity index (χ3v) is 5.52. The molecule has 1 aromatic carbocycles. The lowest BCUT2D eigenvalue weighted by atomic mass is 9.97. The Labute approximate surface area is 160 Å². The highest BCUT2D eigenvalue weighted by atomic mass is 32.2.